The second-order valence-electron chi connectivity index (χ2n) is 4.50. The summed E-state index contributed by atoms with van der Waals surface area (Å²) in [6.07, 6.45) is 1.56. The zero-order valence-electron chi connectivity index (χ0n) is 9.93. The molecule has 0 aromatic heterocycles. The molecular weight excluding hydrogens is 252 g/mol. The number of carbonyl (C=O) groups is 2. The molecule has 1 heterocycles. The molecule has 5 heteroatoms. The van der Waals surface area contributed by atoms with E-state index in [4.69, 9.17) is 17.3 Å². The summed E-state index contributed by atoms with van der Waals surface area (Å²) in [5, 5.41) is 0.532. The Hall–Kier alpha value is -1.55. The Morgan fingerprint density at radius 1 is 1.39 bits per heavy atom. The molecule has 0 spiro atoms. The van der Waals surface area contributed by atoms with Crippen molar-refractivity contribution < 1.29 is 9.59 Å². The lowest BCUT2D eigenvalue weighted by atomic mass is 9.97. The molecule has 0 radical (unpaired) electrons. The molecule has 2 amide bonds. The van der Waals surface area contributed by atoms with Crippen molar-refractivity contribution in [1.29, 1.82) is 0 Å². The van der Waals surface area contributed by atoms with Crippen LogP contribution >= 0.6 is 11.6 Å². The summed E-state index contributed by atoms with van der Waals surface area (Å²) in [5.41, 5.74) is 5.84. The molecule has 1 aromatic rings. The number of piperidine rings is 1. The highest BCUT2D eigenvalue weighted by molar-refractivity contribution is 6.30. The predicted octanol–water partition coefficient (Wildman–Crippen LogP) is 1.68. The van der Waals surface area contributed by atoms with Gasteiger partial charge in [0, 0.05) is 23.7 Å². The van der Waals surface area contributed by atoms with Gasteiger partial charge < -0.3 is 10.6 Å². The van der Waals surface area contributed by atoms with Gasteiger partial charge in [0.25, 0.3) is 5.91 Å². The molecular formula is C13H15ClN2O2. The highest BCUT2D eigenvalue weighted by Crippen LogP contribution is 2.19. The summed E-state index contributed by atoms with van der Waals surface area (Å²) in [6, 6.07) is 6.83. The van der Waals surface area contributed by atoms with Crippen molar-refractivity contribution in [3.05, 3.63) is 34.9 Å². The van der Waals surface area contributed by atoms with E-state index in [1.165, 1.54) is 0 Å². The van der Waals surface area contributed by atoms with Crippen LogP contribution in [0, 0.1) is 5.92 Å². The zero-order valence-corrected chi connectivity index (χ0v) is 10.7. The van der Waals surface area contributed by atoms with Crippen molar-refractivity contribution in [3.8, 4) is 0 Å². The van der Waals surface area contributed by atoms with E-state index in [9.17, 15) is 9.59 Å². The lowest BCUT2D eigenvalue weighted by Crippen LogP contribution is -2.44. The predicted molar refractivity (Wildman–Crippen MR) is 69.3 cm³/mol. The van der Waals surface area contributed by atoms with Crippen LogP contribution in [0.4, 0.5) is 0 Å². The van der Waals surface area contributed by atoms with Gasteiger partial charge >= 0.3 is 0 Å². The normalized spacial score (nSPS) is 19.6. The lowest BCUT2D eigenvalue weighted by Gasteiger charge is -2.31. The Kier molecular flexibility index (Phi) is 3.87. The van der Waals surface area contributed by atoms with Crippen molar-refractivity contribution in [2.24, 2.45) is 11.7 Å². The van der Waals surface area contributed by atoms with Gasteiger partial charge in [-0.1, -0.05) is 17.7 Å². The van der Waals surface area contributed by atoms with Crippen LogP contribution in [0.3, 0.4) is 0 Å². The molecule has 18 heavy (non-hydrogen) atoms. The molecule has 0 bridgehead atoms. The van der Waals surface area contributed by atoms with Crippen LogP contribution in [0.5, 0.6) is 0 Å². The Labute approximate surface area is 111 Å². The number of nitrogens with two attached hydrogens (primary N) is 1. The molecule has 96 valence electrons. The largest absolute Gasteiger partial charge is 0.369 e. The smallest absolute Gasteiger partial charge is 0.253 e. The van der Waals surface area contributed by atoms with Crippen LogP contribution in [-0.4, -0.2) is 29.8 Å². The van der Waals surface area contributed by atoms with Crippen LogP contribution in [0.25, 0.3) is 0 Å². The van der Waals surface area contributed by atoms with Crippen molar-refractivity contribution in [3.63, 3.8) is 0 Å². The summed E-state index contributed by atoms with van der Waals surface area (Å²) < 4.78 is 0. The minimum Gasteiger partial charge on any atom is -0.369 e. The van der Waals surface area contributed by atoms with Gasteiger partial charge in [0.05, 0.1) is 5.92 Å². The van der Waals surface area contributed by atoms with Crippen molar-refractivity contribution in [2.45, 2.75) is 12.8 Å². The van der Waals surface area contributed by atoms with E-state index in [0.717, 1.165) is 12.8 Å². The molecule has 1 aromatic carbocycles. The summed E-state index contributed by atoms with van der Waals surface area (Å²) in [4.78, 5) is 25.1. The Balaban J connectivity index is 2.11. The van der Waals surface area contributed by atoms with E-state index in [-0.39, 0.29) is 17.7 Å². The number of rotatable bonds is 2. The fourth-order valence-corrected chi connectivity index (χ4v) is 2.39. The van der Waals surface area contributed by atoms with Gasteiger partial charge in [-0.25, -0.2) is 0 Å². The number of carbonyl (C=O) groups excluding carboxylic acids is 2. The van der Waals surface area contributed by atoms with Crippen LogP contribution in [0.1, 0.15) is 23.2 Å². The molecule has 0 saturated carbocycles. The van der Waals surface area contributed by atoms with Gasteiger partial charge in [-0.15, -0.1) is 0 Å². The molecule has 0 aliphatic carbocycles. The summed E-state index contributed by atoms with van der Waals surface area (Å²) in [5.74, 6) is -0.663. The Morgan fingerprint density at radius 2 is 2.17 bits per heavy atom. The first-order valence-electron chi connectivity index (χ1n) is 5.92. The molecule has 2 rings (SSSR count). The first-order chi connectivity index (χ1) is 8.58. The number of benzene rings is 1. The highest BCUT2D eigenvalue weighted by Gasteiger charge is 2.27. The van der Waals surface area contributed by atoms with E-state index in [1.807, 2.05) is 0 Å². The maximum atomic E-state index is 12.2. The number of hydrogen-bond acceptors (Lipinski definition) is 2. The number of likely N-dealkylation sites (tertiary alicyclic amines) is 1. The first-order valence-corrected chi connectivity index (χ1v) is 6.30. The minimum atomic E-state index is -0.335. The third-order valence-corrected chi connectivity index (χ3v) is 3.42. The monoisotopic (exact) mass is 266 g/mol. The second kappa shape index (κ2) is 5.40. The van der Waals surface area contributed by atoms with Gasteiger partial charge in [-0.2, -0.15) is 0 Å². The molecule has 1 aliphatic heterocycles. The molecule has 1 atom stereocenters. The van der Waals surface area contributed by atoms with E-state index < -0.39 is 0 Å². The second-order valence-corrected chi connectivity index (χ2v) is 4.94. The molecule has 1 saturated heterocycles. The van der Waals surface area contributed by atoms with Gasteiger partial charge in [-0.3, -0.25) is 9.59 Å². The van der Waals surface area contributed by atoms with Crippen molar-refractivity contribution in [2.75, 3.05) is 13.1 Å². The number of halogens is 1. The van der Waals surface area contributed by atoms with Gasteiger partial charge in [0.15, 0.2) is 0 Å². The number of hydrogen-bond donors (Lipinski definition) is 1. The van der Waals surface area contributed by atoms with E-state index >= 15 is 0 Å². The van der Waals surface area contributed by atoms with Crippen LogP contribution < -0.4 is 5.73 Å². The van der Waals surface area contributed by atoms with Crippen LogP contribution in [-0.2, 0) is 4.79 Å². The molecule has 1 aliphatic rings. The molecule has 1 fully saturated rings. The summed E-state index contributed by atoms with van der Waals surface area (Å²) in [6.45, 7) is 1.07. The third-order valence-electron chi connectivity index (χ3n) is 3.18. The van der Waals surface area contributed by atoms with Crippen molar-refractivity contribution in [1.82, 2.24) is 4.90 Å². The van der Waals surface area contributed by atoms with Gasteiger partial charge in [0.2, 0.25) is 5.91 Å². The zero-order chi connectivity index (χ0) is 13.1. The third kappa shape index (κ3) is 2.82. The lowest BCUT2D eigenvalue weighted by molar-refractivity contribution is -0.123. The number of nitrogens with zero attached hydrogens (tertiary/aromatic N) is 1. The maximum Gasteiger partial charge on any atom is 0.253 e. The average Bonchev–Trinajstić information content (AvgIpc) is 2.38. The average molecular weight is 267 g/mol. The summed E-state index contributed by atoms with van der Waals surface area (Å²) >= 11 is 5.86. The molecule has 1 unspecified atom stereocenters. The Morgan fingerprint density at radius 3 is 2.83 bits per heavy atom. The maximum absolute atomic E-state index is 12.2. The quantitative estimate of drug-likeness (QED) is 0.885. The van der Waals surface area contributed by atoms with Crippen molar-refractivity contribution >= 4 is 23.4 Å². The van der Waals surface area contributed by atoms with E-state index in [2.05, 4.69) is 0 Å². The minimum absolute atomic E-state index is 0.0940. The summed E-state index contributed by atoms with van der Waals surface area (Å²) in [7, 11) is 0. The fourth-order valence-electron chi connectivity index (χ4n) is 2.20. The topological polar surface area (TPSA) is 63.4 Å². The SMILES string of the molecule is NC(=O)C1CCCN(C(=O)c2cccc(Cl)c2)C1. The van der Waals surface area contributed by atoms with Crippen LogP contribution in [0.15, 0.2) is 24.3 Å². The van der Waals surface area contributed by atoms with E-state index in [0.29, 0.717) is 23.7 Å². The molecule has 4 nitrogen and oxygen atoms in total. The Bertz CT molecular complexity index is 476. The number of primary amides is 1. The van der Waals surface area contributed by atoms with Gasteiger partial charge in [0.1, 0.15) is 0 Å². The standard InChI is InChI=1S/C13H15ClN2O2/c14-11-5-1-3-9(7-11)13(18)16-6-2-4-10(8-16)12(15)17/h1,3,5,7,10H,2,4,6,8H2,(H2,15,17). The van der Waals surface area contributed by atoms with Crippen LogP contribution in [0.2, 0.25) is 5.02 Å². The fraction of sp³-hybridized carbons (Fsp3) is 0.385. The van der Waals surface area contributed by atoms with Gasteiger partial charge in [-0.05, 0) is 31.0 Å². The first kappa shape index (κ1) is 12.9. The molecule has 2 N–H and O–H groups in total. The number of amides is 2. The van der Waals surface area contributed by atoms with E-state index in [1.54, 1.807) is 29.2 Å². The highest BCUT2D eigenvalue weighted by atomic mass is 35.5.